The number of benzene rings is 1. The van der Waals surface area contributed by atoms with Gasteiger partial charge >= 0.3 is 0 Å². The Balaban J connectivity index is 1.09. The quantitative estimate of drug-likeness (QED) is 0.788. The number of anilines is 1. The largest absolute Gasteiger partial charge is 0.454 e. The van der Waals surface area contributed by atoms with Crippen molar-refractivity contribution >= 4 is 11.7 Å². The van der Waals surface area contributed by atoms with Crippen LogP contribution in [0, 0.1) is 0 Å². The second-order valence-electron chi connectivity index (χ2n) is 8.39. The van der Waals surface area contributed by atoms with E-state index in [4.69, 9.17) is 9.47 Å². The minimum atomic E-state index is 0.0407. The Hall–Kier alpha value is -2.58. The third-order valence-corrected chi connectivity index (χ3v) is 6.28. The molecule has 0 radical (unpaired) electrons. The molecule has 3 heterocycles. The maximum absolute atomic E-state index is 12.6. The lowest BCUT2D eigenvalue weighted by Gasteiger charge is -2.34. The molecule has 2 aliphatic heterocycles. The molecule has 1 aromatic heterocycles. The van der Waals surface area contributed by atoms with Crippen molar-refractivity contribution in [2.24, 2.45) is 0 Å². The average Bonchev–Trinajstić information content (AvgIpc) is 3.50. The van der Waals surface area contributed by atoms with Gasteiger partial charge in [-0.05, 0) is 30.5 Å². The maximum atomic E-state index is 12.6. The van der Waals surface area contributed by atoms with Crippen molar-refractivity contribution in [1.82, 2.24) is 19.6 Å². The van der Waals surface area contributed by atoms with E-state index in [9.17, 15) is 4.79 Å². The maximum Gasteiger partial charge on any atom is 0.239 e. The van der Waals surface area contributed by atoms with Crippen molar-refractivity contribution in [2.75, 3.05) is 44.8 Å². The Labute approximate surface area is 176 Å². The minimum Gasteiger partial charge on any atom is -0.454 e. The first kappa shape index (κ1) is 19.4. The van der Waals surface area contributed by atoms with Gasteiger partial charge in [0.25, 0.3) is 0 Å². The highest BCUT2D eigenvalue weighted by Crippen LogP contribution is 2.33. The monoisotopic (exact) mass is 411 g/mol. The van der Waals surface area contributed by atoms with Crippen LogP contribution in [0.2, 0.25) is 0 Å². The summed E-state index contributed by atoms with van der Waals surface area (Å²) in [7, 11) is 0. The van der Waals surface area contributed by atoms with Crippen LogP contribution in [0.25, 0.3) is 0 Å². The summed E-state index contributed by atoms with van der Waals surface area (Å²) < 4.78 is 12.8. The van der Waals surface area contributed by atoms with E-state index in [0.717, 1.165) is 62.9 Å². The Morgan fingerprint density at radius 3 is 2.63 bits per heavy atom. The first-order chi connectivity index (χ1) is 14.7. The van der Waals surface area contributed by atoms with Gasteiger partial charge in [-0.2, -0.15) is 5.10 Å². The predicted molar refractivity (Wildman–Crippen MR) is 113 cm³/mol. The van der Waals surface area contributed by atoms with Crippen LogP contribution in [0.15, 0.2) is 30.5 Å². The van der Waals surface area contributed by atoms with Gasteiger partial charge in [-0.1, -0.05) is 18.9 Å². The second-order valence-corrected chi connectivity index (χ2v) is 8.39. The van der Waals surface area contributed by atoms with Crippen molar-refractivity contribution in [1.29, 1.82) is 0 Å². The Morgan fingerprint density at radius 2 is 1.80 bits per heavy atom. The molecule has 2 fully saturated rings. The zero-order chi connectivity index (χ0) is 20.3. The third-order valence-electron chi connectivity index (χ3n) is 6.28. The Kier molecular flexibility index (Phi) is 5.59. The van der Waals surface area contributed by atoms with E-state index in [-0.39, 0.29) is 5.91 Å². The number of rotatable bonds is 6. The number of carbonyl (C=O) groups is 1. The molecule has 2 aromatic rings. The van der Waals surface area contributed by atoms with Crippen molar-refractivity contribution < 1.29 is 14.3 Å². The molecule has 1 N–H and O–H groups in total. The highest BCUT2D eigenvalue weighted by molar-refractivity contribution is 5.91. The Morgan fingerprint density at radius 1 is 1.03 bits per heavy atom. The number of carbonyl (C=O) groups excluding carboxylic acids is 1. The summed E-state index contributed by atoms with van der Waals surface area (Å²) >= 11 is 0. The van der Waals surface area contributed by atoms with E-state index in [0.29, 0.717) is 19.4 Å². The number of nitrogens with zero attached hydrogens (tertiary/aromatic N) is 4. The van der Waals surface area contributed by atoms with Crippen LogP contribution in [0.3, 0.4) is 0 Å². The van der Waals surface area contributed by atoms with Crippen molar-refractivity contribution in [2.45, 2.75) is 38.3 Å². The zero-order valence-corrected chi connectivity index (χ0v) is 17.3. The molecule has 1 saturated carbocycles. The van der Waals surface area contributed by atoms with Crippen LogP contribution in [-0.4, -0.2) is 65.0 Å². The van der Waals surface area contributed by atoms with Gasteiger partial charge in [0, 0.05) is 38.8 Å². The van der Waals surface area contributed by atoms with Gasteiger partial charge in [-0.3, -0.25) is 14.6 Å². The number of nitrogens with one attached hydrogen (secondary N) is 1. The number of fused-ring (bicyclic) bond motifs is 1. The molecule has 0 atom stereocenters. The number of amides is 1. The SMILES string of the molecule is O=C(CN1CCN(Cc2ccc3c(c2)OCO3)CC1)Nc1ccnn1C1CCCC1. The van der Waals surface area contributed by atoms with E-state index >= 15 is 0 Å². The number of ether oxygens (including phenoxy) is 2. The van der Waals surface area contributed by atoms with Crippen LogP contribution in [0.1, 0.15) is 37.3 Å². The number of hydrogen-bond acceptors (Lipinski definition) is 6. The standard InChI is InChI=1S/C22H29N5O3/c28-22(24-21-7-8-23-27(21)18-3-1-2-4-18)15-26-11-9-25(10-12-26)14-17-5-6-19-20(13-17)30-16-29-19/h5-8,13,18H,1-4,9-12,14-16H2,(H,24,28). The molecule has 3 aliphatic rings. The summed E-state index contributed by atoms with van der Waals surface area (Å²) in [5.41, 5.74) is 1.23. The lowest BCUT2D eigenvalue weighted by Crippen LogP contribution is -2.48. The third kappa shape index (κ3) is 4.29. The van der Waals surface area contributed by atoms with Crippen molar-refractivity contribution in [3.8, 4) is 11.5 Å². The highest BCUT2D eigenvalue weighted by atomic mass is 16.7. The molecule has 5 rings (SSSR count). The van der Waals surface area contributed by atoms with Gasteiger partial charge < -0.3 is 14.8 Å². The lowest BCUT2D eigenvalue weighted by atomic mass is 10.1. The van der Waals surface area contributed by atoms with Crippen LogP contribution >= 0.6 is 0 Å². The topological polar surface area (TPSA) is 71.9 Å². The average molecular weight is 412 g/mol. The fraction of sp³-hybridized carbons (Fsp3) is 0.545. The highest BCUT2D eigenvalue weighted by Gasteiger charge is 2.23. The van der Waals surface area contributed by atoms with Gasteiger partial charge in [0.15, 0.2) is 11.5 Å². The van der Waals surface area contributed by atoms with Crippen LogP contribution in [0.5, 0.6) is 11.5 Å². The fourth-order valence-corrected chi connectivity index (χ4v) is 4.64. The van der Waals surface area contributed by atoms with Gasteiger partial charge in [0.1, 0.15) is 5.82 Å². The van der Waals surface area contributed by atoms with Gasteiger partial charge in [0.2, 0.25) is 12.7 Å². The molecular formula is C22H29N5O3. The van der Waals surface area contributed by atoms with E-state index < -0.39 is 0 Å². The molecule has 0 unspecified atom stereocenters. The summed E-state index contributed by atoms with van der Waals surface area (Å²) in [5, 5.41) is 7.50. The molecule has 0 bridgehead atoms. The van der Waals surface area contributed by atoms with Crippen molar-refractivity contribution in [3.63, 3.8) is 0 Å². The molecular weight excluding hydrogens is 382 g/mol. The summed E-state index contributed by atoms with van der Waals surface area (Å²) in [4.78, 5) is 17.2. The molecule has 1 amide bonds. The minimum absolute atomic E-state index is 0.0407. The number of hydrogen-bond donors (Lipinski definition) is 1. The smallest absolute Gasteiger partial charge is 0.239 e. The molecule has 1 aromatic carbocycles. The first-order valence-corrected chi connectivity index (χ1v) is 10.9. The number of piperazine rings is 1. The number of aromatic nitrogens is 2. The molecule has 1 aliphatic carbocycles. The summed E-state index contributed by atoms with van der Waals surface area (Å²) in [5.74, 6) is 2.52. The fourth-order valence-electron chi connectivity index (χ4n) is 4.64. The van der Waals surface area contributed by atoms with E-state index in [1.165, 1.54) is 18.4 Å². The zero-order valence-electron chi connectivity index (χ0n) is 17.3. The lowest BCUT2D eigenvalue weighted by molar-refractivity contribution is -0.117. The predicted octanol–water partition coefficient (Wildman–Crippen LogP) is 2.48. The van der Waals surface area contributed by atoms with Gasteiger partial charge in [-0.25, -0.2) is 4.68 Å². The molecule has 160 valence electrons. The molecule has 8 heteroatoms. The molecule has 1 saturated heterocycles. The summed E-state index contributed by atoms with van der Waals surface area (Å²) in [6, 6.07) is 8.47. The summed E-state index contributed by atoms with van der Waals surface area (Å²) in [6.45, 7) is 5.29. The van der Waals surface area contributed by atoms with E-state index in [1.807, 2.05) is 16.8 Å². The van der Waals surface area contributed by atoms with Gasteiger partial charge in [-0.15, -0.1) is 0 Å². The second kappa shape index (κ2) is 8.65. The summed E-state index contributed by atoms with van der Waals surface area (Å²) in [6.07, 6.45) is 6.57. The first-order valence-electron chi connectivity index (χ1n) is 10.9. The van der Waals surface area contributed by atoms with Crippen LogP contribution < -0.4 is 14.8 Å². The van der Waals surface area contributed by atoms with Crippen LogP contribution in [-0.2, 0) is 11.3 Å². The normalized spacial score (nSPS) is 20.0. The van der Waals surface area contributed by atoms with Gasteiger partial charge in [0.05, 0.1) is 18.8 Å². The van der Waals surface area contributed by atoms with E-state index in [1.54, 1.807) is 6.20 Å². The Bertz CT molecular complexity index is 885. The van der Waals surface area contributed by atoms with E-state index in [2.05, 4.69) is 32.3 Å². The van der Waals surface area contributed by atoms with Crippen LogP contribution in [0.4, 0.5) is 5.82 Å². The van der Waals surface area contributed by atoms with Crippen molar-refractivity contribution in [3.05, 3.63) is 36.0 Å². The molecule has 0 spiro atoms. The molecule has 8 nitrogen and oxygen atoms in total. The molecule has 30 heavy (non-hydrogen) atoms.